The Kier molecular flexibility index (Phi) is 6.07. The second-order valence-corrected chi connectivity index (χ2v) is 6.99. The lowest BCUT2D eigenvalue weighted by Crippen LogP contribution is -2.32. The summed E-state index contributed by atoms with van der Waals surface area (Å²) in [6, 6.07) is 12.6. The van der Waals surface area contributed by atoms with Crippen molar-refractivity contribution in [3.8, 4) is 0 Å². The average Bonchev–Trinajstić information content (AvgIpc) is 2.70. The first-order valence-corrected chi connectivity index (χ1v) is 9.31. The number of ether oxygens (including phenoxy) is 1. The highest BCUT2D eigenvalue weighted by molar-refractivity contribution is 5.81. The zero-order valence-electron chi connectivity index (χ0n) is 16.6. The van der Waals surface area contributed by atoms with E-state index in [0.717, 1.165) is 11.1 Å². The number of carbonyl (C=O) groups excluding carboxylic acids is 2. The number of hydrogen-bond donors (Lipinski definition) is 1. The molecular formula is C22H23N3O4. The molecule has 1 aromatic heterocycles. The Morgan fingerprint density at radius 1 is 1.14 bits per heavy atom. The molecule has 0 bridgehead atoms. The van der Waals surface area contributed by atoms with Crippen molar-refractivity contribution >= 4 is 22.8 Å². The van der Waals surface area contributed by atoms with Crippen LogP contribution in [0.1, 0.15) is 29.7 Å². The lowest BCUT2D eigenvalue weighted by Gasteiger charge is -2.16. The van der Waals surface area contributed by atoms with E-state index in [1.54, 1.807) is 24.3 Å². The van der Waals surface area contributed by atoms with Crippen molar-refractivity contribution in [3.05, 3.63) is 75.8 Å². The van der Waals surface area contributed by atoms with Gasteiger partial charge in [-0.1, -0.05) is 30.3 Å². The van der Waals surface area contributed by atoms with E-state index in [-0.39, 0.29) is 18.1 Å². The molecule has 0 radical (unpaired) electrons. The number of rotatable bonds is 6. The van der Waals surface area contributed by atoms with Gasteiger partial charge in [0.05, 0.1) is 23.3 Å². The van der Waals surface area contributed by atoms with Crippen LogP contribution in [0.15, 0.2) is 53.6 Å². The molecule has 3 aromatic rings. The maximum atomic E-state index is 12.4. The van der Waals surface area contributed by atoms with E-state index in [2.05, 4.69) is 10.3 Å². The molecule has 0 fully saturated rings. The molecular weight excluding hydrogens is 370 g/mol. The van der Waals surface area contributed by atoms with Crippen LogP contribution in [0, 0.1) is 13.8 Å². The van der Waals surface area contributed by atoms with Crippen molar-refractivity contribution in [1.29, 1.82) is 0 Å². The first kappa shape index (κ1) is 20.3. The van der Waals surface area contributed by atoms with E-state index in [1.807, 2.05) is 39.0 Å². The summed E-state index contributed by atoms with van der Waals surface area (Å²) >= 11 is 0. The fourth-order valence-corrected chi connectivity index (χ4v) is 2.95. The zero-order chi connectivity index (χ0) is 21.0. The number of nitrogens with one attached hydrogen (secondary N) is 1. The van der Waals surface area contributed by atoms with Crippen LogP contribution in [-0.4, -0.2) is 28.0 Å². The van der Waals surface area contributed by atoms with Crippen molar-refractivity contribution in [1.82, 2.24) is 14.9 Å². The summed E-state index contributed by atoms with van der Waals surface area (Å²) in [4.78, 5) is 40.7. The predicted octanol–water partition coefficient (Wildman–Crippen LogP) is 2.43. The number of hydrogen-bond acceptors (Lipinski definition) is 5. The predicted molar refractivity (Wildman–Crippen MR) is 109 cm³/mol. The third-order valence-electron chi connectivity index (χ3n) is 4.80. The molecule has 0 spiro atoms. The monoisotopic (exact) mass is 393 g/mol. The van der Waals surface area contributed by atoms with Crippen LogP contribution in [0.25, 0.3) is 10.9 Å². The molecule has 0 unspecified atom stereocenters. The van der Waals surface area contributed by atoms with Crippen LogP contribution in [0.2, 0.25) is 0 Å². The van der Waals surface area contributed by atoms with E-state index in [1.165, 1.54) is 16.5 Å². The van der Waals surface area contributed by atoms with Crippen LogP contribution in [0.3, 0.4) is 0 Å². The molecule has 1 atom stereocenters. The van der Waals surface area contributed by atoms with Gasteiger partial charge in [-0.15, -0.1) is 0 Å². The Hall–Kier alpha value is -3.48. The number of benzene rings is 2. The number of esters is 1. The van der Waals surface area contributed by atoms with Crippen molar-refractivity contribution in [2.45, 2.75) is 33.4 Å². The second-order valence-electron chi connectivity index (χ2n) is 6.99. The van der Waals surface area contributed by atoms with Crippen LogP contribution in [0.5, 0.6) is 0 Å². The molecule has 3 rings (SSSR count). The Labute approximate surface area is 168 Å². The van der Waals surface area contributed by atoms with Gasteiger partial charge in [0.2, 0.25) is 0 Å². The molecule has 1 heterocycles. The highest BCUT2D eigenvalue weighted by Crippen LogP contribution is 2.16. The molecule has 0 saturated heterocycles. The standard InChI is InChI=1S/C22H23N3O4/c1-14-8-9-17(10-15(14)2)16(3)24-20(26)12-29-21(27)11-25-13-23-19-7-5-4-6-18(19)22(25)28/h4-10,13,16H,11-12H2,1-3H3,(H,24,26)/t16-/m0/s1. The molecule has 1 N–H and O–H groups in total. The normalized spacial score (nSPS) is 11.8. The third kappa shape index (κ3) is 4.87. The fraction of sp³-hybridized carbons (Fsp3) is 0.273. The van der Waals surface area contributed by atoms with Crippen molar-refractivity contribution in [3.63, 3.8) is 0 Å². The van der Waals surface area contributed by atoms with Crippen LogP contribution in [0.4, 0.5) is 0 Å². The zero-order valence-corrected chi connectivity index (χ0v) is 16.6. The topological polar surface area (TPSA) is 90.3 Å². The van der Waals surface area contributed by atoms with Crippen LogP contribution < -0.4 is 10.9 Å². The molecule has 1 amide bonds. The van der Waals surface area contributed by atoms with Gasteiger partial charge in [-0.3, -0.25) is 19.0 Å². The third-order valence-corrected chi connectivity index (χ3v) is 4.80. The minimum Gasteiger partial charge on any atom is -0.454 e. The minimum atomic E-state index is -0.682. The van der Waals surface area contributed by atoms with Gasteiger partial charge in [-0.05, 0) is 49.6 Å². The summed E-state index contributed by atoms with van der Waals surface area (Å²) in [6.45, 7) is 5.18. The second kappa shape index (κ2) is 8.68. The van der Waals surface area contributed by atoms with Gasteiger partial charge in [-0.25, -0.2) is 4.98 Å². The van der Waals surface area contributed by atoms with Gasteiger partial charge in [0.1, 0.15) is 6.54 Å². The summed E-state index contributed by atoms with van der Waals surface area (Å²) in [5.74, 6) is -1.09. The van der Waals surface area contributed by atoms with Gasteiger partial charge in [0.25, 0.3) is 11.5 Å². The smallest absolute Gasteiger partial charge is 0.326 e. The molecule has 29 heavy (non-hydrogen) atoms. The first-order valence-electron chi connectivity index (χ1n) is 9.31. The molecule has 7 heteroatoms. The SMILES string of the molecule is Cc1ccc([C@H](C)NC(=O)COC(=O)Cn2cnc3ccccc3c2=O)cc1C. The number of nitrogens with zero attached hydrogens (tertiary/aromatic N) is 2. The summed E-state index contributed by atoms with van der Waals surface area (Å²) in [7, 11) is 0. The van der Waals surface area contributed by atoms with E-state index in [0.29, 0.717) is 10.9 Å². The van der Waals surface area contributed by atoms with E-state index >= 15 is 0 Å². The lowest BCUT2D eigenvalue weighted by molar-refractivity contribution is -0.149. The molecule has 0 aliphatic carbocycles. The van der Waals surface area contributed by atoms with E-state index in [9.17, 15) is 14.4 Å². The van der Waals surface area contributed by atoms with Gasteiger partial charge in [0, 0.05) is 0 Å². The molecule has 0 aliphatic rings. The van der Waals surface area contributed by atoms with Crippen LogP contribution in [-0.2, 0) is 20.9 Å². The Bertz CT molecular complexity index is 1120. The van der Waals surface area contributed by atoms with Gasteiger partial charge in [-0.2, -0.15) is 0 Å². The number of aromatic nitrogens is 2. The van der Waals surface area contributed by atoms with Crippen molar-refractivity contribution in [2.75, 3.05) is 6.61 Å². The van der Waals surface area contributed by atoms with Crippen molar-refractivity contribution in [2.24, 2.45) is 0 Å². The van der Waals surface area contributed by atoms with Gasteiger partial charge < -0.3 is 10.1 Å². The molecule has 2 aromatic carbocycles. The Balaban J connectivity index is 1.55. The maximum Gasteiger partial charge on any atom is 0.326 e. The average molecular weight is 393 g/mol. The largest absolute Gasteiger partial charge is 0.454 e. The Morgan fingerprint density at radius 2 is 1.90 bits per heavy atom. The summed E-state index contributed by atoms with van der Waals surface area (Å²) in [6.07, 6.45) is 1.30. The number of fused-ring (bicyclic) bond motifs is 1. The first-order chi connectivity index (χ1) is 13.8. The summed E-state index contributed by atoms with van der Waals surface area (Å²) in [5.41, 5.74) is 3.52. The van der Waals surface area contributed by atoms with E-state index in [4.69, 9.17) is 4.74 Å². The van der Waals surface area contributed by atoms with E-state index < -0.39 is 18.5 Å². The molecule has 7 nitrogen and oxygen atoms in total. The number of carbonyl (C=O) groups is 2. The Morgan fingerprint density at radius 3 is 2.66 bits per heavy atom. The number of para-hydroxylation sites is 1. The highest BCUT2D eigenvalue weighted by atomic mass is 16.5. The van der Waals surface area contributed by atoms with Crippen LogP contribution >= 0.6 is 0 Å². The minimum absolute atomic E-state index is 0.215. The fourth-order valence-electron chi connectivity index (χ4n) is 2.95. The maximum absolute atomic E-state index is 12.4. The van der Waals surface area contributed by atoms with Gasteiger partial charge >= 0.3 is 5.97 Å². The molecule has 0 saturated carbocycles. The number of aryl methyl sites for hydroxylation is 2. The number of amides is 1. The van der Waals surface area contributed by atoms with Gasteiger partial charge in [0.15, 0.2) is 6.61 Å². The highest BCUT2D eigenvalue weighted by Gasteiger charge is 2.14. The van der Waals surface area contributed by atoms with Crippen molar-refractivity contribution < 1.29 is 14.3 Å². The molecule has 0 aliphatic heterocycles. The summed E-state index contributed by atoms with van der Waals surface area (Å²) in [5, 5.41) is 3.22. The summed E-state index contributed by atoms with van der Waals surface area (Å²) < 4.78 is 6.18. The quantitative estimate of drug-likeness (QED) is 0.650. The molecule has 150 valence electrons. The lowest BCUT2D eigenvalue weighted by atomic mass is 10.0.